The predicted molar refractivity (Wildman–Crippen MR) is 127 cm³/mol. The molecule has 170 valence electrons. The van der Waals surface area contributed by atoms with E-state index in [1.807, 2.05) is 35.0 Å². The van der Waals surface area contributed by atoms with Gasteiger partial charge in [0.05, 0.1) is 21.2 Å². The number of nitro groups is 1. The van der Waals surface area contributed by atoms with Crippen molar-refractivity contribution in [3.8, 4) is 0 Å². The molecule has 0 aliphatic rings. The van der Waals surface area contributed by atoms with Crippen molar-refractivity contribution in [2.24, 2.45) is 0 Å². The second-order valence-electron chi connectivity index (χ2n) is 7.32. The number of nitrogens with zero attached hydrogens (tertiary/aromatic N) is 4. The fourth-order valence-electron chi connectivity index (χ4n) is 3.62. The average Bonchev–Trinajstić information content (AvgIpc) is 3.23. The number of para-hydroxylation sites is 1. The van der Waals surface area contributed by atoms with E-state index in [-0.39, 0.29) is 22.8 Å². The van der Waals surface area contributed by atoms with Crippen LogP contribution in [0.4, 0.5) is 17.1 Å². The molecule has 2 heterocycles. The van der Waals surface area contributed by atoms with Gasteiger partial charge in [0.25, 0.3) is 15.7 Å². The van der Waals surface area contributed by atoms with Gasteiger partial charge in [-0.3, -0.25) is 14.4 Å². The summed E-state index contributed by atoms with van der Waals surface area (Å²) in [7, 11) is -3.97. The Labute approximate surface area is 191 Å². The van der Waals surface area contributed by atoms with Crippen LogP contribution in [-0.2, 0) is 16.4 Å². The van der Waals surface area contributed by atoms with Crippen molar-refractivity contribution in [3.63, 3.8) is 0 Å². The third-order valence-corrected chi connectivity index (χ3v) is 7.09. The van der Waals surface area contributed by atoms with Gasteiger partial charge in [-0.05, 0) is 43.3 Å². The maximum atomic E-state index is 13.2. The number of benzene rings is 2. The summed E-state index contributed by atoms with van der Waals surface area (Å²) in [5.41, 5.74) is 2.13. The van der Waals surface area contributed by atoms with E-state index < -0.39 is 14.9 Å². The minimum Gasteiger partial charge on any atom is -0.379 e. The van der Waals surface area contributed by atoms with Crippen molar-refractivity contribution in [1.82, 2.24) is 9.38 Å². The van der Waals surface area contributed by atoms with E-state index >= 15 is 0 Å². The van der Waals surface area contributed by atoms with Crippen LogP contribution in [0.25, 0.3) is 5.65 Å². The van der Waals surface area contributed by atoms with E-state index in [1.54, 1.807) is 37.3 Å². The molecule has 0 saturated carbocycles. The maximum absolute atomic E-state index is 13.2. The number of rotatable bonds is 9. The summed E-state index contributed by atoms with van der Waals surface area (Å²) >= 11 is 0. The van der Waals surface area contributed by atoms with Crippen LogP contribution in [0.2, 0.25) is 0 Å². The summed E-state index contributed by atoms with van der Waals surface area (Å²) in [5, 5.41) is 14.7. The summed E-state index contributed by atoms with van der Waals surface area (Å²) in [4.78, 5) is 15.5. The Bertz CT molecular complexity index is 1350. The number of hydrogen-bond donors (Lipinski definition) is 1. The Kier molecular flexibility index (Phi) is 6.27. The molecule has 2 aromatic heterocycles. The lowest BCUT2D eigenvalue weighted by atomic mass is 10.2. The number of sulfonamides is 1. The summed E-state index contributed by atoms with van der Waals surface area (Å²) in [6.45, 7) is 2.31. The van der Waals surface area contributed by atoms with Crippen molar-refractivity contribution in [2.75, 3.05) is 22.7 Å². The first kappa shape index (κ1) is 22.3. The lowest BCUT2D eigenvalue weighted by Crippen LogP contribution is -2.30. The molecular formula is C23H23N5O4S. The van der Waals surface area contributed by atoms with E-state index in [9.17, 15) is 18.5 Å². The Morgan fingerprint density at radius 2 is 1.85 bits per heavy atom. The highest BCUT2D eigenvalue weighted by Gasteiger charge is 2.27. The summed E-state index contributed by atoms with van der Waals surface area (Å²) in [6.07, 6.45) is 4.36. The average molecular weight is 466 g/mol. The Morgan fingerprint density at radius 1 is 1.09 bits per heavy atom. The van der Waals surface area contributed by atoms with E-state index in [2.05, 4.69) is 10.3 Å². The highest BCUT2D eigenvalue weighted by Crippen LogP contribution is 2.30. The molecule has 4 rings (SSSR count). The first-order chi connectivity index (χ1) is 15.9. The van der Waals surface area contributed by atoms with E-state index in [4.69, 9.17) is 0 Å². The zero-order valence-electron chi connectivity index (χ0n) is 18.0. The molecule has 10 heteroatoms. The van der Waals surface area contributed by atoms with Gasteiger partial charge in [-0.15, -0.1) is 0 Å². The minimum atomic E-state index is -3.97. The molecule has 0 spiro atoms. The van der Waals surface area contributed by atoms with Gasteiger partial charge in [0.1, 0.15) is 11.3 Å². The number of pyridine rings is 1. The second kappa shape index (κ2) is 9.29. The first-order valence-electron chi connectivity index (χ1n) is 10.4. The lowest BCUT2D eigenvalue weighted by molar-refractivity contribution is -0.384. The molecule has 0 unspecified atom stereocenters. The Morgan fingerprint density at radius 3 is 2.55 bits per heavy atom. The maximum Gasteiger partial charge on any atom is 0.293 e. The topological polar surface area (TPSA) is 110 Å². The van der Waals surface area contributed by atoms with Gasteiger partial charge in [-0.1, -0.05) is 24.3 Å². The number of nitrogens with one attached hydrogen (secondary N) is 1. The number of hydrogen-bond acceptors (Lipinski definition) is 6. The molecule has 0 amide bonds. The Balaban J connectivity index is 1.55. The molecule has 9 nitrogen and oxygen atoms in total. The van der Waals surface area contributed by atoms with Crippen LogP contribution >= 0.6 is 0 Å². The van der Waals surface area contributed by atoms with Crippen molar-refractivity contribution in [2.45, 2.75) is 18.2 Å². The first-order valence-corrected chi connectivity index (χ1v) is 11.9. The molecule has 0 aliphatic carbocycles. The molecule has 0 fully saturated rings. The second-order valence-corrected chi connectivity index (χ2v) is 9.18. The molecule has 0 radical (unpaired) electrons. The summed E-state index contributed by atoms with van der Waals surface area (Å²) in [6, 6.07) is 18.3. The van der Waals surface area contributed by atoms with Gasteiger partial charge in [-0.25, -0.2) is 13.4 Å². The zero-order chi connectivity index (χ0) is 23.4. The van der Waals surface area contributed by atoms with Crippen LogP contribution in [0.5, 0.6) is 0 Å². The molecule has 1 N–H and O–H groups in total. The number of nitro benzene ring substituents is 1. The van der Waals surface area contributed by atoms with Gasteiger partial charge in [-0.2, -0.15) is 0 Å². The highest BCUT2D eigenvalue weighted by atomic mass is 32.2. The van der Waals surface area contributed by atoms with E-state index in [1.165, 1.54) is 16.4 Å². The molecule has 0 bridgehead atoms. The quantitative estimate of drug-likeness (QED) is 0.294. The molecule has 0 aliphatic heterocycles. The standard InChI is InChI=1S/C23H23N5O4S/c1-2-27(19-8-4-3-5-9-19)33(31,32)20-11-12-21(22(16-20)28(29)30)24-14-13-18-17-26-15-7-6-10-23(26)25-18/h3-12,15-17,24H,2,13-14H2,1H3. The summed E-state index contributed by atoms with van der Waals surface area (Å²) < 4.78 is 29.5. The third-order valence-electron chi connectivity index (χ3n) is 5.20. The molecule has 33 heavy (non-hydrogen) atoms. The number of aromatic nitrogens is 2. The van der Waals surface area contributed by atoms with Gasteiger partial charge in [0, 0.05) is 38.0 Å². The van der Waals surface area contributed by atoms with Crippen LogP contribution in [0.3, 0.4) is 0 Å². The monoisotopic (exact) mass is 465 g/mol. The van der Waals surface area contributed by atoms with Gasteiger partial charge in [0.15, 0.2) is 0 Å². The van der Waals surface area contributed by atoms with Crippen LogP contribution in [-0.4, -0.2) is 35.8 Å². The third kappa shape index (κ3) is 4.65. The van der Waals surface area contributed by atoms with Gasteiger partial charge >= 0.3 is 0 Å². The van der Waals surface area contributed by atoms with Crippen molar-refractivity contribution in [1.29, 1.82) is 0 Å². The van der Waals surface area contributed by atoms with Gasteiger partial charge in [0.2, 0.25) is 0 Å². The normalized spacial score (nSPS) is 11.4. The number of imidazole rings is 1. The van der Waals surface area contributed by atoms with Crippen LogP contribution < -0.4 is 9.62 Å². The number of anilines is 2. The minimum absolute atomic E-state index is 0.134. The smallest absolute Gasteiger partial charge is 0.293 e. The molecular weight excluding hydrogens is 442 g/mol. The molecule has 4 aromatic rings. The van der Waals surface area contributed by atoms with Gasteiger partial charge < -0.3 is 9.72 Å². The zero-order valence-corrected chi connectivity index (χ0v) is 18.8. The fourth-order valence-corrected chi connectivity index (χ4v) is 5.11. The van der Waals surface area contributed by atoms with Crippen molar-refractivity contribution >= 4 is 32.7 Å². The molecule has 0 saturated heterocycles. The van der Waals surface area contributed by atoms with Crippen LogP contribution in [0.1, 0.15) is 12.6 Å². The fraction of sp³-hybridized carbons (Fsp3) is 0.174. The molecule has 2 aromatic carbocycles. The predicted octanol–water partition coefficient (Wildman–Crippen LogP) is 4.11. The summed E-state index contributed by atoms with van der Waals surface area (Å²) in [5.74, 6) is 0. The highest BCUT2D eigenvalue weighted by molar-refractivity contribution is 7.92. The molecule has 0 atom stereocenters. The number of fused-ring (bicyclic) bond motifs is 1. The van der Waals surface area contributed by atoms with Crippen molar-refractivity contribution < 1.29 is 13.3 Å². The van der Waals surface area contributed by atoms with Crippen molar-refractivity contribution in [3.05, 3.63) is 94.9 Å². The Hall–Kier alpha value is -3.92. The lowest BCUT2D eigenvalue weighted by Gasteiger charge is -2.23. The SMILES string of the molecule is CCN(c1ccccc1)S(=O)(=O)c1ccc(NCCc2cn3ccccc3n2)c([N+](=O)[O-])c1. The van der Waals surface area contributed by atoms with E-state index in [0.717, 1.165) is 17.4 Å². The largest absolute Gasteiger partial charge is 0.379 e. The van der Waals surface area contributed by atoms with E-state index in [0.29, 0.717) is 18.7 Å². The van der Waals surface area contributed by atoms with Crippen LogP contribution in [0, 0.1) is 10.1 Å². The van der Waals surface area contributed by atoms with Crippen LogP contribution in [0.15, 0.2) is 84.0 Å².